The third-order valence-electron chi connectivity index (χ3n) is 4.91. The minimum Gasteiger partial charge on any atom is -0.497 e. The number of halogens is 2. The first kappa shape index (κ1) is 26.8. The molecule has 0 fully saturated rings. The molecule has 0 unspecified atom stereocenters. The van der Waals surface area contributed by atoms with E-state index in [2.05, 4.69) is 5.32 Å². The topological polar surface area (TPSA) is 96.0 Å². The van der Waals surface area contributed by atoms with Gasteiger partial charge >= 0.3 is 0 Å². The third kappa shape index (κ3) is 6.99. The van der Waals surface area contributed by atoms with E-state index in [0.29, 0.717) is 12.3 Å². The molecule has 180 valence electrons. The molecule has 0 aliphatic carbocycles. The van der Waals surface area contributed by atoms with Crippen LogP contribution in [0.15, 0.2) is 42.5 Å². The van der Waals surface area contributed by atoms with E-state index >= 15 is 0 Å². The summed E-state index contributed by atoms with van der Waals surface area (Å²) in [6, 6.07) is 10.7. The molecule has 2 aromatic rings. The van der Waals surface area contributed by atoms with Crippen LogP contribution in [0.4, 0.5) is 5.69 Å². The number of benzene rings is 2. The molecule has 2 aromatic carbocycles. The second kappa shape index (κ2) is 11.6. The number of hydrogen-bond donors (Lipinski definition) is 1. The Hall–Kier alpha value is -2.49. The largest absolute Gasteiger partial charge is 0.497 e. The maximum absolute atomic E-state index is 13.4. The first-order valence-corrected chi connectivity index (χ1v) is 12.7. The van der Waals surface area contributed by atoms with Gasteiger partial charge in [0.2, 0.25) is 21.8 Å². The van der Waals surface area contributed by atoms with Crippen molar-refractivity contribution in [2.45, 2.75) is 26.4 Å². The lowest BCUT2D eigenvalue weighted by atomic mass is 10.1. The number of sulfonamides is 1. The van der Waals surface area contributed by atoms with Crippen LogP contribution in [0.5, 0.6) is 5.75 Å². The first-order chi connectivity index (χ1) is 15.5. The number of nitrogens with one attached hydrogen (secondary N) is 1. The van der Waals surface area contributed by atoms with Crippen LogP contribution < -0.4 is 14.4 Å². The lowest BCUT2D eigenvalue weighted by Crippen LogP contribution is -2.51. The summed E-state index contributed by atoms with van der Waals surface area (Å²) in [6.45, 7) is 3.28. The molecular formula is C22H27Cl2N3O5S. The van der Waals surface area contributed by atoms with E-state index < -0.39 is 28.5 Å². The summed E-state index contributed by atoms with van der Waals surface area (Å²) in [6.07, 6.45) is 0.971. The van der Waals surface area contributed by atoms with Crippen LogP contribution in [0.2, 0.25) is 10.0 Å². The molecule has 2 rings (SSSR count). The standard InChI is InChI=1S/C22H27Cl2N3O5S/c1-5-25-22(29)15(2)26(13-16-9-11-17(32-3)12-10-16)20(28)14-27(33(4,30)31)19-8-6-7-18(23)21(19)24/h6-12,15H,5,13-14H2,1-4H3,(H,25,29)/t15-/m0/s1. The van der Waals surface area contributed by atoms with Crippen LogP contribution in [0.3, 0.4) is 0 Å². The van der Waals surface area contributed by atoms with Crippen molar-refractivity contribution in [1.82, 2.24) is 10.2 Å². The molecular weight excluding hydrogens is 489 g/mol. The zero-order chi connectivity index (χ0) is 24.8. The van der Waals surface area contributed by atoms with Gasteiger partial charge in [-0.3, -0.25) is 13.9 Å². The molecule has 0 bridgehead atoms. The zero-order valence-corrected chi connectivity index (χ0v) is 21.2. The second-order valence-corrected chi connectivity index (χ2v) is 9.97. The molecule has 0 saturated heterocycles. The number of carbonyl (C=O) groups excluding carboxylic acids is 2. The van der Waals surface area contributed by atoms with E-state index in [1.807, 2.05) is 0 Å². The predicted octanol–water partition coefficient (Wildman–Crippen LogP) is 3.32. The van der Waals surface area contributed by atoms with Crippen molar-refractivity contribution in [3.8, 4) is 5.75 Å². The minimum atomic E-state index is -3.90. The molecule has 0 heterocycles. The van der Waals surface area contributed by atoms with Crippen molar-refractivity contribution in [1.29, 1.82) is 0 Å². The summed E-state index contributed by atoms with van der Waals surface area (Å²) in [5.74, 6) is -0.288. The number of hydrogen-bond acceptors (Lipinski definition) is 5. The van der Waals surface area contributed by atoms with Crippen LogP contribution >= 0.6 is 23.2 Å². The fourth-order valence-electron chi connectivity index (χ4n) is 3.11. The highest BCUT2D eigenvalue weighted by Gasteiger charge is 2.30. The Bertz CT molecular complexity index is 1090. The molecule has 2 amide bonds. The maximum Gasteiger partial charge on any atom is 0.244 e. The Morgan fingerprint density at radius 3 is 2.30 bits per heavy atom. The Kier molecular flexibility index (Phi) is 9.39. The maximum atomic E-state index is 13.4. The van der Waals surface area contributed by atoms with Crippen molar-refractivity contribution in [2.75, 3.05) is 30.8 Å². The van der Waals surface area contributed by atoms with Crippen molar-refractivity contribution in [3.05, 3.63) is 58.1 Å². The second-order valence-electron chi connectivity index (χ2n) is 7.28. The average Bonchev–Trinajstić information content (AvgIpc) is 2.77. The highest BCUT2D eigenvalue weighted by Crippen LogP contribution is 2.33. The molecule has 1 N–H and O–H groups in total. The molecule has 0 saturated carbocycles. The molecule has 0 spiro atoms. The molecule has 8 nitrogen and oxygen atoms in total. The van der Waals surface area contributed by atoms with Gasteiger partial charge in [0, 0.05) is 13.1 Å². The quantitative estimate of drug-likeness (QED) is 0.523. The Balaban J connectivity index is 2.41. The molecule has 0 aromatic heterocycles. The number of anilines is 1. The Morgan fingerprint density at radius 1 is 1.12 bits per heavy atom. The summed E-state index contributed by atoms with van der Waals surface area (Å²) in [5, 5.41) is 2.86. The van der Waals surface area contributed by atoms with E-state index in [1.165, 1.54) is 17.0 Å². The van der Waals surface area contributed by atoms with Gasteiger partial charge in [0.1, 0.15) is 18.3 Å². The number of amides is 2. The molecule has 11 heteroatoms. The van der Waals surface area contributed by atoms with Crippen LogP contribution in [0, 0.1) is 0 Å². The summed E-state index contributed by atoms with van der Waals surface area (Å²) in [5.41, 5.74) is 0.821. The molecule has 0 aliphatic rings. The summed E-state index contributed by atoms with van der Waals surface area (Å²) < 4.78 is 31.1. The molecule has 33 heavy (non-hydrogen) atoms. The number of likely N-dealkylation sites (N-methyl/N-ethyl adjacent to an activating group) is 1. The van der Waals surface area contributed by atoms with E-state index in [0.717, 1.165) is 16.1 Å². The smallest absolute Gasteiger partial charge is 0.244 e. The van der Waals surface area contributed by atoms with Crippen molar-refractivity contribution in [3.63, 3.8) is 0 Å². The molecule has 0 radical (unpaired) electrons. The first-order valence-electron chi connectivity index (χ1n) is 10.1. The third-order valence-corrected chi connectivity index (χ3v) is 6.84. The normalized spacial score (nSPS) is 12.1. The van der Waals surface area contributed by atoms with Gasteiger partial charge in [-0.1, -0.05) is 41.4 Å². The zero-order valence-electron chi connectivity index (χ0n) is 18.8. The SMILES string of the molecule is CCNC(=O)[C@H](C)N(Cc1ccc(OC)cc1)C(=O)CN(c1cccc(Cl)c1Cl)S(C)(=O)=O. The van der Waals surface area contributed by atoms with E-state index in [-0.39, 0.29) is 28.2 Å². The van der Waals surface area contributed by atoms with E-state index in [1.54, 1.807) is 51.3 Å². The van der Waals surface area contributed by atoms with Crippen molar-refractivity contribution in [2.24, 2.45) is 0 Å². The number of nitrogens with zero attached hydrogens (tertiary/aromatic N) is 2. The van der Waals surface area contributed by atoms with Crippen LogP contribution in [0.1, 0.15) is 19.4 Å². The lowest BCUT2D eigenvalue weighted by Gasteiger charge is -2.31. The van der Waals surface area contributed by atoms with Gasteiger partial charge < -0.3 is 15.0 Å². The van der Waals surface area contributed by atoms with Gasteiger partial charge in [-0.2, -0.15) is 0 Å². The molecule has 0 aliphatic heterocycles. The summed E-state index contributed by atoms with van der Waals surface area (Å²) in [7, 11) is -2.35. The van der Waals surface area contributed by atoms with Crippen molar-refractivity contribution < 1.29 is 22.7 Å². The van der Waals surface area contributed by atoms with Crippen molar-refractivity contribution >= 4 is 50.7 Å². The minimum absolute atomic E-state index is 0.0101. The monoisotopic (exact) mass is 515 g/mol. The lowest BCUT2D eigenvalue weighted by molar-refractivity contribution is -0.139. The van der Waals surface area contributed by atoms with Gasteiger partial charge in [0.25, 0.3) is 0 Å². The van der Waals surface area contributed by atoms with E-state index in [9.17, 15) is 18.0 Å². The number of ether oxygens (including phenoxy) is 1. The Morgan fingerprint density at radius 2 is 1.76 bits per heavy atom. The van der Waals surface area contributed by atoms with E-state index in [4.69, 9.17) is 27.9 Å². The molecule has 1 atom stereocenters. The van der Waals surface area contributed by atoms with Crippen LogP contribution in [-0.2, 0) is 26.2 Å². The fourth-order valence-corrected chi connectivity index (χ4v) is 4.41. The highest BCUT2D eigenvalue weighted by atomic mass is 35.5. The Labute approximate surface area is 204 Å². The number of carbonyl (C=O) groups is 2. The predicted molar refractivity (Wildman–Crippen MR) is 130 cm³/mol. The van der Waals surface area contributed by atoms with Gasteiger partial charge in [0.15, 0.2) is 0 Å². The summed E-state index contributed by atoms with van der Waals surface area (Å²) in [4.78, 5) is 27.2. The summed E-state index contributed by atoms with van der Waals surface area (Å²) >= 11 is 12.3. The highest BCUT2D eigenvalue weighted by molar-refractivity contribution is 7.92. The fraction of sp³-hybridized carbons (Fsp3) is 0.364. The van der Waals surface area contributed by atoms with Gasteiger partial charge in [-0.25, -0.2) is 8.42 Å². The van der Waals surface area contributed by atoms with Crippen LogP contribution in [0.25, 0.3) is 0 Å². The average molecular weight is 516 g/mol. The van der Waals surface area contributed by atoms with Gasteiger partial charge in [-0.15, -0.1) is 0 Å². The van der Waals surface area contributed by atoms with Crippen LogP contribution in [-0.4, -0.2) is 57.6 Å². The number of rotatable bonds is 10. The number of methoxy groups -OCH3 is 1. The van der Waals surface area contributed by atoms with Gasteiger partial charge in [-0.05, 0) is 43.7 Å². The van der Waals surface area contributed by atoms with Gasteiger partial charge in [0.05, 0.1) is 29.1 Å².